The lowest BCUT2D eigenvalue weighted by Crippen LogP contribution is -2.17. The molecule has 1 aliphatic rings. The molecule has 0 aliphatic carbocycles. The molecule has 2 heteroatoms. The number of aromatic amines is 1. The van der Waals surface area contributed by atoms with Gasteiger partial charge in [0, 0.05) is 45.0 Å². The van der Waals surface area contributed by atoms with E-state index >= 15 is 0 Å². The number of para-hydroxylation sites is 2. The molecule has 2 aromatic heterocycles. The Morgan fingerprint density at radius 2 is 1.20 bits per heavy atom. The second-order valence-corrected chi connectivity index (χ2v) is 9.88. The van der Waals surface area contributed by atoms with E-state index in [1.165, 1.54) is 55.4 Å². The van der Waals surface area contributed by atoms with Crippen LogP contribution < -0.4 is 0 Å². The summed E-state index contributed by atoms with van der Waals surface area (Å²) < 4.78 is 2.65. The van der Waals surface area contributed by atoms with Crippen LogP contribution in [0.5, 0.6) is 0 Å². The number of H-pyrrole nitrogens is 1. The molecule has 0 saturated heterocycles. The van der Waals surface area contributed by atoms with E-state index < -0.39 is 0 Å². The third kappa shape index (κ3) is 2.89. The summed E-state index contributed by atoms with van der Waals surface area (Å²) in [5.74, 6) is 0.547. The van der Waals surface area contributed by atoms with Crippen molar-refractivity contribution < 1.29 is 0 Å². The minimum absolute atomic E-state index is 0.170. The second-order valence-electron chi connectivity index (χ2n) is 9.88. The van der Waals surface area contributed by atoms with Crippen LogP contribution in [0, 0.1) is 13.8 Å². The summed E-state index contributed by atoms with van der Waals surface area (Å²) in [6.07, 6.45) is 0. The largest absolute Gasteiger partial charge is 0.356 e. The van der Waals surface area contributed by atoms with Crippen LogP contribution in [0.1, 0.15) is 51.5 Å². The average Bonchev–Trinajstić information content (AvgIpc) is 3.53. The Hall–Kier alpha value is -4.04. The first-order chi connectivity index (χ1) is 17.2. The van der Waals surface area contributed by atoms with Crippen LogP contribution in [0.3, 0.4) is 0 Å². The molecule has 0 fully saturated rings. The Bertz CT molecular complexity index is 1670. The van der Waals surface area contributed by atoms with Gasteiger partial charge in [-0.1, -0.05) is 97.1 Å². The first-order valence-corrected chi connectivity index (χ1v) is 12.5. The van der Waals surface area contributed by atoms with E-state index in [0.29, 0.717) is 0 Å². The predicted octanol–water partition coefficient (Wildman–Crippen LogP) is 8.26. The quantitative estimate of drug-likeness (QED) is 0.279. The maximum Gasteiger partial charge on any atom is 0.0819 e. The van der Waals surface area contributed by atoms with Gasteiger partial charge in [-0.15, -0.1) is 0 Å². The zero-order valence-corrected chi connectivity index (χ0v) is 20.1. The van der Waals surface area contributed by atoms with Gasteiger partial charge in [-0.05, 0) is 48.2 Å². The number of rotatable bonds is 3. The highest BCUT2D eigenvalue weighted by molar-refractivity contribution is 5.88. The van der Waals surface area contributed by atoms with Gasteiger partial charge in [-0.25, -0.2) is 0 Å². The second kappa shape index (κ2) is 7.74. The van der Waals surface area contributed by atoms with Crippen LogP contribution in [-0.2, 0) is 0 Å². The van der Waals surface area contributed by atoms with Crippen molar-refractivity contribution in [3.63, 3.8) is 0 Å². The number of nitrogens with zero attached hydrogens (tertiary/aromatic N) is 1. The summed E-state index contributed by atoms with van der Waals surface area (Å²) in [6.45, 7) is 4.59. The van der Waals surface area contributed by atoms with Crippen molar-refractivity contribution in [1.29, 1.82) is 0 Å². The summed E-state index contributed by atoms with van der Waals surface area (Å²) in [6, 6.07) is 40.0. The lowest BCUT2D eigenvalue weighted by atomic mass is 9.76. The van der Waals surface area contributed by atoms with Gasteiger partial charge in [0.2, 0.25) is 0 Å². The predicted molar refractivity (Wildman–Crippen MR) is 145 cm³/mol. The van der Waals surface area contributed by atoms with Gasteiger partial charge in [-0.3, -0.25) is 0 Å². The Morgan fingerprint density at radius 3 is 1.91 bits per heavy atom. The topological polar surface area (TPSA) is 20.7 Å². The normalized spacial score (nSPS) is 19.4. The zero-order chi connectivity index (χ0) is 23.5. The van der Waals surface area contributed by atoms with E-state index in [1.807, 2.05) is 0 Å². The number of benzene rings is 4. The van der Waals surface area contributed by atoms with Gasteiger partial charge < -0.3 is 9.55 Å². The lowest BCUT2D eigenvalue weighted by Gasteiger charge is -2.27. The number of hydrogen-bond donors (Lipinski definition) is 1. The summed E-state index contributed by atoms with van der Waals surface area (Å²) in [7, 11) is 0. The Balaban J connectivity index is 1.60. The van der Waals surface area contributed by atoms with Gasteiger partial charge in [0.15, 0.2) is 0 Å². The van der Waals surface area contributed by atoms with E-state index in [9.17, 15) is 0 Å². The van der Waals surface area contributed by atoms with Gasteiger partial charge in [0.05, 0.1) is 6.04 Å². The summed E-state index contributed by atoms with van der Waals surface area (Å²) in [4.78, 5) is 3.87. The molecule has 3 atom stereocenters. The molecule has 0 spiro atoms. The van der Waals surface area contributed by atoms with Crippen molar-refractivity contribution in [2.45, 2.75) is 31.7 Å². The Morgan fingerprint density at radius 1 is 0.600 bits per heavy atom. The highest BCUT2D eigenvalue weighted by Gasteiger charge is 2.46. The first kappa shape index (κ1) is 20.3. The molecule has 0 radical (unpaired) electrons. The van der Waals surface area contributed by atoms with E-state index in [4.69, 9.17) is 0 Å². The molecule has 7 rings (SSSR count). The standard InChI is InChI=1S/C33H28N2/c1-21-25-17-9-11-19-27(25)34-31(21)33-30(24-15-7-4-8-16-24)29(23-13-5-3-6-14-23)32-22(2)26-18-10-12-20-28(26)35(32)33/h3-20,29-30,33-34H,1-2H3/t29-,30-,33-/m1/s1. The molecule has 0 bridgehead atoms. The van der Waals surface area contributed by atoms with Crippen molar-refractivity contribution in [3.05, 3.63) is 143 Å². The molecule has 3 heterocycles. The highest BCUT2D eigenvalue weighted by Crippen LogP contribution is 2.57. The Labute approximate surface area is 205 Å². The lowest BCUT2D eigenvalue weighted by molar-refractivity contribution is 0.520. The van der Waals surface area contributed by atoms with Gasteiger partial charge in [-0.2, -0.15) is 0 Å². The average molecular weight is 453 g/mol. The molecular formula is C33H28N2. The summed E-state index contributed by atoms with van der Waals surface area (Å²) in [5, 5.41) is 2.67. The highest BCUT2D eigenvalue weighted by atomic mass is 15.1. The Kier molecular flexibility index (Phi) is 4.50. The SMILES string of the molecule is Cc1c([C@H]2[C@H](c3ccccc3)[C@@H](c3ccccc3)c3c(C)c4ccccc4n32)[nH]c2ccccc12. The molecule has 170 valence electrons. The van der Waals surface area contributed by atoms with Crippen molar-refractivity contribution >= 4 is 21.8 Å². The number of aromatic nitrogens is 2. The molecule has 35 heavy (non-hydrogen) atoms. The first-order valence-electron chi connectivity index (χ1n) is 12.5. The molecule has 0 amide bonds. The fourth-order valence-electron chi connectivity index (χ4n) is 6.63. The minimum atomic E-state index is 0.170. The summed E-state index contributed by atoms with van der Waals surface area (Å²) >= 11 is 0. The zero-order valence-electron chi connectivity index (χ0n) is 20.1. The van der Waals surface area contributed by atoms with E-state index in [-0.39, 0.29) is 17.9 Å². The minimum Gasteiger partial charge on any atom is -0.356 e. The molecule has 1 aliphatic heterocycles. The summed E-state index contributed by atoms with van der Waals surface area (Å²) in [5.41, 5.74) is 10.8. The maximum atomic E-state index is 3.87. The van der Waals surface area contributed by atoms with Gasteiger partial charge >= 0.3 is 0 Å². The van der Waals surface area contributed by atoms with E-state index in [0.717, 1.165) is 0 Å². The molecule has 0 unspecified atom stereocenters. The number of fused-ring (bicyclic) bond motifs is 4. The molecule has 4 aromatic carbocycles. The van der Waals surface area contributed by atoms with Crippen LogP contribution in [-0.4, -0.2) is 9.55 Å². The van der Waals surface area contributed by atoms with Crippen LogP contribution in [0.25, 0.3) is 21.8 Å². The number of nitrogens with one attached hydrogen (secondary N) is 1. The third-order valence-corrected chi connectivity index (χ3v) is 8.13. The maximum absolute atomic E-state index is 3.87. The number of aryl methyl sites for hydroxylation is 2. The van der Waals surface area contributed by atoms with Crippen LogP contribution in [0.15, 0.2) is 109 Å². The number of hydrogen-bond acceptors (Lipinski definition) is 0. The smallest absolute Gasteiger partial charge is 0.0819 e. The van der Waals surface area contributed by atoms with Crippen molar-refractivity contribution in [2.75, 3.05) is 0 Å². The fourth-order valence-corrected chi connectivity index (χ4v) is 6.63. The molecule has 6 aromatic rings. The molecule has 2 nitrogen and oxygen atoms in total. The molecular weight excluding hydrogens is 424 g/mol. The van der Waals surface area contributed by atoms with Crippen LogP contribution >= 0.6 is 0 Å². The van der Waals surface area contributed by atoms with Crippen LogP contribution in [0.4, 0.5) is 0 Å². The van der Waals surface area contributed by atoms with E-state index in [2.05, 4.69) is 133 Å². The van der Waals surface area contributed by atoms with Crippen molar-refractivity contribution in [2.24, 2.45) is 0 Å². The fraction of sp³-hybridized carbons (Fsp3) is 0.152. The van der Waals surface area contributed by atoms with Crippen molar-refractivity contribution in [3.8, 4) is 0 Å². The third-order valence-electron chi connectivity index (χ3n) is 8.13. The van der Waals surface area contributed by atoms with Crippen LogP contribution in [0.2, 0.25) is 0 Å². The molecule has 0 saturated carbocycles. The van der Waals surface area contributed by atoms with Gasteiger partial charge in [0.25, 0.3) is 0 Å². The monoisotopic (exact) mass is 452 g/mol. The van der Waals surface area contributed by atoms with E-state index in [1.54, 1.807) is 0 Å². The van der Waals surface area contributed by atoms with Crippen molar-refractivity contribution in [1.82, 2.24) is 9.55 Å². The van der Waals surface area contributed by atoms with Gasteiger partial charge in [0.1, 0.15) is 0 Å². The molecule has 1 N–H and O–H groups in total.